The summed E-state index contributed by atoms with van der Waals surface area (Å²) in [7, 11) is 0. The molecule has 3 aromatic rings. The van der Waals surface area contributed by atoms with Crippen molar-refractivity contribution >= 4 is 5.91 Å². The minimum Gasteiger partial charge on any atom is -0.393 e. The van der Waals surface area contributed by atoms with E-state index in [-0.39, 0.29) is 24.0 Å². The molecule has 28 heavy (non-hydrogen) atoms. The van der Waals surface area contributed by atoms with E-state index in [9.17, 15) is 9.90 Å². The zero-order valence-corrected chi connectivity index (χ0v) is 15.6. The molecule has 1 aliphatic carbocycles. The molecule has 1 fully saturated rings. The predicted molar refractivity (Wildman–Crippen MR) is 109 cm³/mol. The van der Waals surface area contributed by atoms with Crippen LogP contribution < -0.4 is 5.32 Å². The lowest BCUT2D eigenvalue weighted by Crippen LogP contribution is -2.43. The van der Waals surface area contributed by atoms with Crippen LogP contribution in [-0.2, 0) is 4.79 Å². The van der Waals surface area contributed by atoms with E-state index in [0.29, 0.717) is 12.8 Å². The quantitative estimate of drug-likeness (QED) is 0.691. The highest BCUT2D eigenvalue weighted by Crippen LogP contribution is 2.38. The third kappa shape index (κ3) is 3.97. The molecule has 0 spiro atoms. The summed E-state index contributed by atoms with van der Waals surface area (Å²) in [5.41, 5.74) is 2.76. The molecule has 4 nitrogen and oxygen atoms in total. The molecule has 1 heterocycles. The van der Waals surface area contributed by atoms with Gasteiger partial charge < -0.3 is 10.4 Å². The number of nitrogens with one attached hydrogen (secondary N) is 1. The van der Waals surface area contributed by atoms with Gasteiger partial charge in [0.1, 0.15) is 0 Å². The second kappa shape index (κ2) is 8.36. The molecule has 0 saturated heterocycles. The van der Waals surface area contributed by atoms with Crippen molar-refractivity contribution in [3.05, 3.63) is 102 Å². The van der Waals surface area contributed by atoms with E-state index in [0.717, 1.165) is 16.8 Å². The zero-order chi connectivity index (χ0) is 19.3. The van der Waals surface area contributed by atoms with Gasteiger partial charge in [-0.1, -0.05) is 66.7 Å². The summed E-state index contributed by atoms with van der Waals surface area (Å²) < 4.78 is 0. The van der Waals surface area contributed by atoms with Crippen molar-refractivity contribution in [2.24, 2.45) is 5.92 Å². The number of hydrogen-bond acceptors (Lipinski definition) is 3. The first kappa shape index (κ1) is 18.4. The minimum absolute atomic E-state index is 0.0468. The number of aromatic nitrogens is 1. The van der Waals surface area contributed by atoms with Gasteiger partial charge in [-0.25, -0.2) is 0 Å². The number of hydrogen-bond donors (Lipinski definition) is 2. The van der Waals surface area contributed by atoms with Gasteiger partial charge >= 0.3 is 0 Å². The zero-order valence-electron chi connectivity index (χ0n) is 15.6. The Labute approximate surface area is 165 Å². The smallest absolute Gasteiger partial charge is 0.232 e. The van der Waals surface area contributed by atoms with E-state index >= 15 is 0 Å². The van der Waals surface area contributed by atoms with Crippen LogP contribution in [-0.4, -0.2) is 22.1 Å². The van der Waals surface area contributed by atoms with Crippen molar-refractivity contribution in [1.29, 1.82) is 0 Å². The first-order valence-electron chi connectivity index (χ1n) is 9.71. The highest BCUT2D eigenvalue weighted by molar-refractivity contribution is 5.87. The highest BCUT2D eigenvalue weighted by atomic mass is 16.3. The lowest BCUT2D eigenvalue weighted by molar-refractivity contribution is -0.123. The number of benzene rings is 2. The van der Waals surface area contributed by atoms with Gasteiger partial charge in [0.25, 0.3) is 0 Å². The Hall–Kier alpha value is -2.98. The summed E-state index contributed by atoms with van der Waals surface area (Å²) in [5.74, 6) is -0.242. The van der Waals surface area contributed by atoms with Gasteiger partial charge in [-0.05, 0) is 42.0 Å². The Balaban J connectivity index is 1.64. The van der Waals surface area contributed by atoms with E-state index in [1.54, 1.807) is 6.20 Å². The summed E-state index contributed by atoms with van der Waals surface area (Å²) in [6.45, 7) is 0. The topological polar surface area (TPSA) is 62.2 Å². The molecule has 1 aliphatic rings. The van der Waals surface area contributed by atoms with Crippen molar-refractivity contribution in [1.82, 2.24) is 10.3 Å². The average molecular weight is 372 g/mol. The normalized spacial score (nSPS) is 19.6. The first-order chi connectivity index (χ1) is 13.7. The van der Waals surface area contributed by atoms with Crippen molar-refractivity contribution < 1.29 is 9.90 Å². The van der Waals surface area contributed by atoms with Crippen LogP contribution in [0.2, 0.25) is 0 Å². The van der Waals surface area contributed by atoms with Crippen LogP contribution in [0, 0.1) is 5.92 Å². The molecular formula is C24H24N2O2. The van der Waals surface area contributed by atoms with Gasteiger partial charge in [0.15, 0.2) is 0 Å². The third-order valence-electron chi connectivity index (χ3n) is 5.45. The molecule has 1 amide bonds. The maximum atomic E-state index is 13.5. The second-order valence-corrected chi connectivity index (χ2v) is 7.38. The van der Waals surface area contributed by atoms with E-state index in [2.05, 4.69) is 10.3 Å². The number of nitrogens with zero attached hydrogens (tertiary/aromatic N) is 1. The van der Waals surface area contributed by atoms with E-state index < -0.39 is 5.92 Å². The summed E-state index contributed by atoms with van der Waals surface area (Å²) in [5, 5.41) is 13.0. The van der Waals surface area contributed by atoms with Crippen molar-refractivity contribution in [3.63, 3.8) is 0 Å². The molecule has 142 valence electrons. The van der Waals surface area contributed by atoms with E-state index in [1.165, 1.54) is 0 Å². The fraction of sp³-hybridized carbons (Fsp3) is 0.250. The van der Waals surface area contributed by atoms with Crippen LogP contribution in [0.15, 0.2) is 85.1 Å². The number of rotatable bonds is 6. The average Bonchev–Trinajstić information content (AvgIpc) is 2.72. The van der Waals surface area contributed by atoms with Gasteiger partial charge in [0, 0.05) is 6.20 Å². The highest BCUT2D eigenvalue weighted by Gasteiger charge is 2.37. The van der Waals surface area contributed by atoms with Crippen LogP contribution in [0.5, 0.6) is 0 Å². The van der Waals surface area contributed by atoms with Gasteiger partial charge in [-0.15, -0.1) is 0 Å². The maximum absolute atomic E-state index is 13.5. The lowest BCUT2D eigenvalue weighted by atomic mass is 9.75. The van der Waals surface area contributed by atoms with Crippen LogP contribution in [0.4, 0.5) is 0 Å². The molecule has 4 rings (SSSR count). The fourth-order valence-electron chi connectivity index (χ4n) is 3.92. The monoisotopic (exact) mass is 372 g/mol. The Bertz CT molecular complexity index is 854. The molecule has 2 N–H and O–H groups in total. The largest absolute Gasteiger partial charge is 0.393 e. The van der Waals surface area contributed by atoms with Gasteiger partial charge in [-0.3, -0.25) is 9.78 Å². The molecule has 0 unspecified atom stereocenters. The first-order valence-corrected chi connectivity index (χ1v) is 9.71. The summed E-state index contributed by atoms with van der Waals surface area (Å²) in [4.78, 5) is 17.9. The summed E-state index contributed by atoms with van der Waals surface area (Å²) in [6, 6.07) is 25.2. The molecule has 0 aliphatic heterocycles. The van der Waals surface area contributed by atoms with Crippen LogP contribution in [0.1, 0.15) is 41.6 Å². The molecular weight excluding hydrogens is 348 g/mol. The number of aliphatic hydroxyl groups excluding tert-OH is 1. The predicted octanol–water partition coefficient (Wildman–Crippen LogP) is 3.84. The maximum Gasteiger partial charge on any atom is 0.232 e. The molecule has 1 atom stereocenters. The van der Waals surface area contributed by atoms with Gasteiger partial charge in [0.2, 0.25) is 5.91 Å². The van der Waals surface area contributed by atoms with Crippen molar-refractivity contribution in [2.75, 3.05) is 0 Å². The fourth-order valence-corrected chi connectivity index (χ4v) is 3.92. The minimum atomic E-state index is -0.390. The van der Waals surface area contributed by atoms with E-state index in [4.69, 9.17) is 0 Å². The van der Waals surface area contributed by atoms with Crippen molar-refractivity contribution in [2.45, 2.75) is 30.9 Å². The summed E-state index contributed by atoms with van der Waals surface area (Å²) in [6.07, 6.45) is 2.83. The Morgan fingerprint density at radius 1 is 0.893 bits per heavy atom. The second-order valence-electron chi connectivity index (χ2n) is 7.38. The van der Waals surface area contributed by atoms with Crippen LogP contribution >= 0.6 is 0 Å². The van der Waals surface area contributed by atoms with Gasteiger partial charge in [0.05, 0.1) is 23.8 Å². The lowest BCUT2D eigenvalue weighted by Gasteiger charge is -2.38. The molecule has 0 radical (unpaired) electrons. The standard InChI is InChI=1S/C24H24N2O2/c27-20-15-19(16-20)23(21-13-7-8-14-25-21)26-24(28)22(17-9-3-1-4-10-17)18-11-5-2-6-12-18/h1-14,19-20,22-23,27H,15-16H2,(H,26,28)/t19?,20?,23-/m0/s1. The van der Waals surface area contributed by atoms with Crippen LogP contribution in [0.3, 0.4) is 0 Å². The Kier molecular flexibility index (Phi) is 5.49. The van der Waals surface area contributed by atoms with Gasteiger partial charge in [-0.2, -0.15) is 0 Å². The molecule has 1 saturated carbocycles. The molecule has 2 aromatic carbocycles. The van der Waals surface area contributed by atoms with E-state index in [1.807, 2.05) is 78.9 Å². The Morgan fingerprint density at radius 3 is 1.96 bits per heavy atom. The summed E-state index contributed by atoms with van der Waals surface area (Å²) >= 11 is 0. The third-order valence-corrected chi connectivity index (χ3v) is 5.45. The number of carbonyl (C=O) groups excluding carboxylic acids is 1. The molecule has 1 aromatic heterocycles. The number of carbonyl (C=O) groups is 1. The van der Waals surface area contributed by atoms with Crippen LogP contribution in [0.25, 0.3) is 0 Å². The molecule has 0 bridgehead atoms. The number of aliphatic hydroxyl groups is 1. The number of pyridine rings is 1. The Morgan fingerprint density at radius 2 is 1.46 bits per heavy atom. The van der Waals surface area contributed by atoms with Crippen molar-refractivity contribution in [3.8, 4) is 0 Å². The number of amides is 1. The molecule has 4 heteroatoms. The SMILES string of the molecule is O=C(N[C@H](c1ccccn1)C1CC(O)C1)C(c1ccccc1)c1ccccc1.